The molecule has 0 spiro atoms. The molecule has 28 heavy (non-hydrogen) atoms. The zero-order valence-electron chi connectivity index (χ0n) is 15.6. The summed E-state index contributed by atoms with van der Waals surface area (Å²) < 4.78 is 7.07. The van der Waals surface area contributed by atoms with Gasteiger partial charge < -0.3 is 9.40 Å². The normalized spacial score (nSPS) is 16.3. The van der Waals surface area contributed by atoms with Crippen LogP contribution in [0.4, 0.5) is 0 Å². The fourth-order valence-electron chi connectivity index (χ4n) is 4.20. The molecule has 0 aliphatic heterocycles. The molecule has 140 valence electrons. The maximum Gasteiger partial charge on any atom is 0.136 e. The van der Waals surface area contributed by atoms with Gasteiger partial charge in [-0.1, -0.05) is 28.9 Å². The van der Waals surface area contributed by atoms with Crippen LogP contribution in [0.3, 0.4) is 0 Å². The number of nitrogens with zero attached hydrogens (tertiary/aromatic N) is 2. The SMILES string of the molecule is C[C@@H](CC1(CC#N)CC1)c1ncc(-c2ccc3c(c2)oc2cc(Br)ccc23)[nH]1. The quantitative estimate of drug-likeness (QED) is 0.371. The summed E-state index contributed by atoms with van der Waals surface area (Å²) in [6.45, 7) is 2.19. The molecule has 4 nitrogen and oxygen atoms in total. The van der Waals surface area contributed by atoms with E-state index in [1.54, 1.807) is 0 Å². The Hall–Kier alpha value is -2.58. The first-order valence-corrected chi connectivity index (χ1v) is 10.4. The smallest absolute Gasteiger partial charge is 0.136 e. The summed E-state index contributed by atoms with van der Waals surface area (Å²) in [5.41, 5.74) is 4.04. The van der Waals surface area contributed by atoms with Gasteiger partial charge in [-0.2, -0.15) is 5.26 Å². The minimum atomic E-state index is 0.225. The molecule has 5 rings (SSSR count). The number of H-pyrrole nitrogens is 1. The van der Waals surface area contributed by atoms with Crippen molar-refractivity contribution in [3.63, 3.8) is 0 Å². The van der Waals surface area contributed by atoms with E-state index >= 15 is 0 Å². The summed E-state index contributed by atoms with van der Waals surface area (Å²) in [4.78, 5) is 8.11. The molecule has 2 heterocycles. The number of hydrogen-bond acceptors (Lipinski definition) is 3. The van der Waals surface area contributed by atoms with Gasteiger partial charge in [0.15, 0.2) is 0 Å². The third-order valence-corrected chi connectivity index (χ3v) is 6.45. The van der Waals surface area contributed by atoms with Crippen molar-refractivity contribution in [2.75, 3.05) is 0 Å². The van der Waals surface area contributed by atoms with Crippen LogP contribution in [0, 0.1) is 16.7 Å². The maximum absolute atomic E-state index is 9.05. The molecule has 0 saturated heterocycles. The van der Waals surface area contributed by atoms with E-state index in [0.717, 1.165) is 62.8 Å². The van der Waals surface area contributed by atoms with Crippen molar-refractivity contribution in [3.8, 4) is 17.3 Å². The summed E-state index contributed by atoms with van der Waals surface area (Å²) >= 11 is 3.50. The molecule has 0 amide bonds. The number of furan rings is 1. The first-order valence-electron chi connectivity index (χ1n) is 9.61. The Kier molecular flexibility index (Phi) is 4.06. The number of halogens is 1. The molecule has 1 N–H and O–H groups in total. The third-order valence-electron chi connectivity index (χ3n) is 5.96. The fourth-order valence-corrected chi connectivity index (χ4v) is 4.54. The second kappa shape index (κ2) is 6.49. The molecule has 1 aliphatic carbocycles. The van der Waals surface area contributed by atoms with Gasteiger partial charge in [0.05, 0.1) is 18.0 Å². The number of fused-ring (bicyclic) bond motifs is 3. The maximum atomic E-state index is 9.05. The minimum Gasteiger partial charge on any atom is -0.456 e. The van der Waals surface area contributed by atoms with Crippen LogP contribution in [-0.2, 0) is 0 Å². The average Bonchev–Trinajstić information content (AvgIpc) is 3.12. The number of imidazole rings is 1. The topological polar surface area (TPSA) is 65.6 Å². The molecule has 2 aromatic heterocycles. The van der Waals surface area contributed by atoms with Crippen molar-refractivity contribution in [3.05, 3.63) is 52.9 Å². The molecular formula is C23H20BrN3O. The first kappa shape index (κ1) is 17.5. The molecule has 4 aromatic rings. The van der Waals surface area contributed by atoms with Crippen LogP contribution < -0.4 is 0 Å². The Morgan fingerprint density at radius 3 is 2.71 bits per heavy atom. The van der Waals surface area contributed by atoms with E-state index in [1.165, 1.54) is 0 Å². The Morgan fingerprint density at radius 2 is 1.96 bits per heavy atom. The third kappa shape index (κ3) is 3.02. The molecule has 0 unspecified atom stereocenters. The molecule has 1 saturated carbocycles. The van der Waals surface area contributed by atoms with Crippen molar-refractivity contribution in [1.82, 2.24) is 9.97 Å². The largest absolute Gasteiger partial charge is 0.456 e. The molecule has 5 heteroatoms. The summed E-state index contributed by atoms with van der Waals surface area (Å²) in [6.07, 6.45) is 5.90. The standard InChI is InChI=1S/C23H20BrN3O/c1-14(12-23(6-7-23)8-9-25)22-26-13-19(27-22)15-2-4-17-18-5-3-16(24)11-21(18)28-20(17)10-15/h2-5,10-11,13-14H,6-8,12H2,1H3,(H,26,27)/t14-/m0/s1. The second-order valence-electron chi connectivity index (χ2n) is 8.08. The Bertz CT molecular complexity index is 1230. The van der Waals surface area contributed by atoms with E-state index in [9.17, 15) is 0 Å². The molecule has 1 fully saturated rings. The minimum absolute atomic E-state index is 0.225. The van der Waals surface area contributed by atoms with Gasteiger partial charge in [0.1, 0.15) is 17.0 Å². The van der Waals surface area contributed by atoms with Crippen molar-refractivity contribution in [2.45, 2.75) is 38.5 Å². The van der Waals surface area contributed by atoms with Crippen LogP contribution in [-0.4, -0.2) is 9.97 Å². The molecule has 1 aliphatic rings. The van der Waals surface area contributed by atoms with Crippen molar-refractivity contribution >= 4 is 37.9 Å². The van der Waals surface area contributed by atoms with E-state index in [-0.39, 0.29) is 5.41 Å². The number of hydrogen-bond donors (Lipinski definition) is 1. The number of nitriles is 1. The van der Waals surface area contributed by atoms with Crippen LogP contribution in [0.25, 0.3) is 33.2 Å². The summed E-state index contributed by atoms with van der Waals surface area (Å²) in [5, 5.41) is 11.3. The van der Waals surface area contributed by atoms with Crippen molar-refractivity contribution < 1.29 is 4.42 Å². The van der Waals surface area contributed by atoms with Gasteiger partial charge >= 0.3 is 0 Å². The number of aromatic nitrogens is 2. The van der Waals surface area contributed by atoms with Gasteiger partial charge in [-0.05, 0) is 55.0 Å². The highest BCUT2D eigenvalue weighted by atomic mass is 79.9. The van der Waals surface area contributed by atoms with Crippen LogP contribution in [0.2, 0.25) is 0 Å². The monoisotopic (exact) mass is 433 g/mol. The lowest BCUT2D eigenvalue weighted by molar-refractivity contribution is 0.427. The summed E-state index contributed by atoms with van der Waals surface area (Å²) in [5.74, 6) is 1.31. The molecule has 0 bridgehead atoms. The van der Waals surface area contributed by atoms with Crippen molar-refractivity contribution in [2.24, 2.45) is 5.41 Å². The van der Waals surface area contributed by atoms with Gasteiger partial charge in [0, 0.05) is 33.1 Å². The fraction of sp³-hybridized carbons (Fsp3) is 0.304. The number of aromatic amines is 1. The predicted octanol–water partition coefficient (Wildman–Crippen LogP) is 6.93. The highest BCUT2D eigenvalue weighted by Crippen LogP contribution is 2.54. The summed E-state index contributed by atoms with van der Waals surface area (Å²) in [7, 11) is 0. The number of rotatable bonds is 5. The summed E-state index contributed by atoms with van der Waals surface area (Å²) in [6, 6.07) is 14.8. The van der Waals surface area contributed by atoms with E-state index in [1.807, 2.05) is 18.3 Å². The van der Waals surface area contributed by atoms with Gasteiger partial charge in [-0.3, -0.25) is 0 Å². The van der Waals surface area contributed by atoms with E-state index in [4.69, 9.17) is 9.68 Å². The Labute approximate surface area is 171 Å². The van der Waals surface area contributed by atoms with Gasteiger partial charge in [0.2, 0.25) is 0 Å². The van der Waals surface area contributed by atoms with Gasteiger partial charge in [-0.15, -0.1) is 0 Å². The zero-order valence-corrected chi connectivity index (χ0v) is 17.2. The van der Waals surface area contributed by atoms with E-state index in [2.05, 4.69) is 63.2 Å². The molecule has 2 aromatic carbocycles. The lowest BCUT2D eigenvalue weighted by atomic mass is 9.90. The highest BCUT2D eigenvalue weighted by Gasteiger charge is 2.43. The van der Waals surface area contributed by atoms with Crippen LogP contribution >= 0.6 is 15.9 Å². The average molecular weight is 434 g/mol. The molecule has 1 atom stereocenters. The van der Waals surface area contributed by atoms with E-state index in [0.29, 0.717) is 12.3 Å². The van der Waals surface area contributed by atoms with E-state index < -0.39 is 0 Å². The van der Waals surface area contributed by atoms with Crippen molar-refractivity contribution in [1.29, 1.82) is 5.26 Å². The van der Waals surface area contributed by atoms with Gasteiger partial charge in [-0.25, -0.2) is 4.98 Å². The second-order valence-corrected chi connectivity index (χ2v) is 8.99. The Balaban J connectivity index is 1.44. The number of benzene rings is 2. The van der Waals surface area contributed by atoms with Crippen LogP contribution in [0.1, 0.15) is 44.3 Å². The first-order chi connectivity index (χ1) is 13.6. The lowest BCUT2D eigenvalue weighted by Crippen LogP contribution is -2.06. The predicted molar refractivity (Wildman–Crippen MR) is 114 cm³/mol. The lowest BCUT2D eigenvalue weighted by Gasteiger charge is -2.15. The van der Waals surface area contributed by atoms with Crippen LogP contribution in [0.5, 0.6) is 0 Å². The molecule has 0 radical (unpaired) electrons. The zero-order chi connectivity index (χ0) is 19.3. The van der Waals surface area contributed by atoms with Crippen LogP contribution in [0.15, 0.2) is 51.5 Å². The van der Waals surface area contributed by atoms with Gasteiger partial charge in [0.25, 0.3) is 0 Å². The highest BCUT2D eigenvalue weighted by molar-refractivity contribution is 9.10. The molecular weight excluding hydrogens is 414 g/mol. The number of nitrogens with one attached hydrogen (secondary N) is 1. The Morgan fingerprint density at radius 1 is 1.21 bits per heavy atom.